The van der Waals surface area contributed by atoms with Crippen molar-refractivity contribution in [2.45, 2.75) is 96.1 Å². The number of rotatable bonds is 9. The molecule has 186 valence electrons. The number of esters is 1. The number of ether oxygens (including phenoxy) is 2. The van der Waals surface area contributed by atoms with Crippen LogP contribution in [0.1, 0.15) is 53.9 Å². The lowest BCUT2D eigenvalue weighted by molar-refractivity contribution is -0.276. The third kappa shape index (κ3) is 6.59. The number of morpholine rings is 1. The van der Waals surface area contributed by atoms with Crippen molar-refractivity contribution in [2.75, 3.05) is 0 Å². The van der Waals surface area contributed by atoms with E-state index in [0.29, 0.717) is 18.3 Å². The van der Waals surface area contributed by atoms with Crippen LogP contribution < -0.4 is 16.4 Å². The monoisotopic (exact) mass is 469 g/mol. The zero-order valence-corrected chi connectivity index (χ0v) is 19.7. The number of aliphatic hydroxyl groups excluding tert-OH is 1. The van der Waals surface area contributed by atoms with Crippen LogP contribution in [0.4, 0.5) is 0 Å². The average Bonchev–Trinajstić information content (AvgIpc) is 2.68. The molecule has 0 aliphatic carbocycles. The van der Waals surface area contributed by atoms with Gasteiger partial charge in [-0.1, -0.05) is 19.4 Å². The predicted octanol–water partition coefficient (Wildman–Crippen LogP) is -0.961. The summed E-state index contributed by atoms with van der Waals surface area (Å²) in [6.07, 6.45) is -2.82. The van der Waals surface area contributed by atoms with Crippen molar-refractivity contribution in [3.8, 4) is 0 Å². The van der Waals surface area contributed by atoms with Gasteiger partial charge in [-0.25, -0.2) is 4.79 Å². The molecule has 11 heteroatoms. The highest BCUT2D eigenvalue weighted by Crippen LogP contribution is 2.28. The topological polar surface area (TPSA) is 177 Å². The number of aldehydes is 1. The van der Waals surface area contributed by atoms with E-state index in [-0.39, 0.29) is 24.3 Å². The van der Waals surface area contributed by atoms with E-state index >= 15 is 0 Å². The maximum Gasteiger partial charge on any atom is 0.341 e. The van der Waals surface area contributed by atoms with E-state index < -0.39 is 60.0 Å². The van der Waals surface area contributed by atoms with E-state index in [9.17, 15) is 29.4 Å². The molecule has 11 nitrogen and oxygen atoms in total. The Kier molecular flexibility index (Phi) is 8.75. The standard InChI is InChI=1S/C22H35N3O8/c1-10(2)6-14(16-7-11(3)13(9-26)21(30)32-16)25-20(29)18(28)19-15(8-17(23)27)24-12(4)22(5,31)33-19/h9-10,12,14-16,18-19,24,28,31H,6-8H2,1-5H3,(H2,23,27)(H,25,29). The maximum atomic E-state index is 13.0. The molecule has 6 N–H and O–H groups in total. The largest absolute Gasteiger partial charge is 0.456 e. The molecule has 2 amide bonds. The van der Waals surface area contributed by atoms with Gasteiger partial charge in [0.1, 0.15) is 12.2 Å². The number of amides is 2. The van der Waals surface area contributed by atoms with Gasteiger partial charge in [-0.3, -0.25) is 14.4 Å². The van der Waals surface area contributed by atoms with Gasteiger partial charge in [-0.05, 0) is 33.1 Å². The van der Waals surface area contributed by atoms with Crippen molar-refractivity contribution in [1.82, 2.24) is 10.6 Å². The number of carbonyl (C=O) groups is 4. The smallest absolute Gasteiger partial charge is 0.341 e. The van der Waals surface area contributed by atoms with E-state index in [4.69, 9.17) is 15.2 Å². The molecule has 0 aromatic carbocycles. The minimum atomic E-state index is -1.75. The highest BCUT2D eigenvalue weighted by Gasteiger charge is 2.47. The number of hydrogen-bond acceptors (Lipinski definition) is 9. The van der Waals surface area contributed by atoms with E-state index in [1.807, 2.05) is 13.8 Å². The number of aliphatic hydroxyl groups is 2. The minimum Gasteiger partial charge on any atom is -0.456 e. The zero-order chi connectivity index (χ0) is 25.1. The number of nitrogens with two attached hydrogens (primary N) is 1. The van der Waals surface area contributed by atoms with E-state index in [2.05, 4.69) is 10.6 Å². The molecule has 0 aromatic heterocycles. The summed E-state index contributed by atoms with van der Waals surface area (Å²) in [7, 11) is 0. The molecule has 0 saturated carbocycles. The second-order valence-electron chi connectivity index (χ2n) is 9.45. The molecule has 0 radical (unpaired) electrons. The van der Waals surface area contributed by atoms with Gasteiger partial charge in [-0.2, -0.15) is 0 Å². The SMILES string of the molecule is CC1=C(C=O)C(=O)OC(C(CC(C)C)NC(=O)C(O)C2OC(C)(O)C(C)NC2CC(N)=O)C1. The molecule has 2 aliphatic heterocycles. The highest BCUT2D eigenvalue weighted by molar-refractivity contribution is 6.09. The summed E-state index contributed by atoms with van der Waals surface area (Å²) >= 11 is 0. The summed E-state index contributed by atoms with van der Waals surface area (Å²) in [5.41, 5.74) is 5.82. The Bertz CT molecular complexity index is 809. The van der Waals surface area contributed by atoms with Gasteiger partial charge >= 0.3 is 5.97 Å². The van der Waals surface area contributed by atoms with Crippen molar-refractivity contribution >= 4 is 24.1 Å². The number of primary amides is 1. The molecular formula is C22H35N3O8. The molecule has 1 saturated heterocycles. The lowest BCUT2D eigenvalue weighted by Gasteiger charge is -2.46. The lowest BCUT2D eigenvalue weighted by atomic mass is 9.90. The Balaban J connectivity index is 2.22. The quantitative estimate of drug-likeness (QED) is 0.162. The summed E-state index contributed by atoms with van der Waals surface area (Å²) in [5, 5.41) is 27.0. The molecule has 0 bridgehead atoms. The van der Waals surface area contributed by atoms with Gasteiger partial charge in [0.05, 0.1) is 17.7 Å². The van der Waals surface area contributed by atoms with Gasteiger partial charge in [0, 0.05) is 18.9 Å². The predicted molar refractivity (Wildman–Crippen MR) is 116 cm³/mol. The Hall–Kier alpha value is -2.34. The molecule has 0 aromatic rings. The average molecular weight is 470 g/mol. The van der Waals surface area contributed by atoms with Crippen LogP contribution in [0.25, 0.3) is 0 Å². The number of cyclic esters (lactones) is 1. The van der Waals surface area contributed by atoms with Crippen molar-refractivity contribution < 1.29 is 38.9 Å². The minimum absolute atomic E-state index is 0.0340. The molecule has 0 spiro atoms. The van der Waals surface area contributed by atoms with Crippen LogP contribution in [0.3, 0.4) is 0 Å². The molecular weight excluding hydrogens is 434 g/mol. The van der Waals surface area contributed by atoms with E-state index in [1.54, 1.807) is 13.8 Å². The summed E-state index contributed by atoms with van der Waals surface area (Å²) in [5.74, 6) is -3.83. The second kappa shape index (κ2) is 10.7. The normalized spacial score (nSPS) is 32.2. The second-order valence-corrected chi connectivity index (χ2v) is 9.45. The first-order chi connectivity index (χ1) is 15.3. The van der Waals surface area contributed by atoms with Crippen LogP contribution in [0.5, 0.6) is 0 Å². The van der Waals surface area contributed by atoms with Crippen LogP contribution in [0, 0.1) is 5.92 Å². The van der Waals surface area contributed by atoms with Crippen LogP contribution in [-0.2, 0) is 28.7 Å². The Morgan fingerprint density at radius 2 is 2.03 bits per heavy atom. The molecule has 2 heterocycles. The fraction of sp³-hybridized carbons (Fsp3) is 0.727. The van der Waals surface area contributed by atoms with Crippen molar-refractivity contribution in [3.63, 3.8) is 0 Å². The van der Waals surface area contributed by atoms with Gasteiger partial charge in [0.15, 0.2) is 18.2 Å². The van der Waals surface area contributed by atoms with Crippen LogP contribution in [0.2, 0.25) is 0 Å². The van der Waals surface area contributed by atoms with Crippen molar-refractivity contribution in [2.24, 2.45) is 11.7 Å². The molecule has 1 fully saturated rings. The van der Waals surface area contributed by atoms with E-state index in [0.717, 1.165) is 0 Å². The van der Waals surface area contributed by atoms with Gasteiger partial charge < -0.3 is 36.1 Å². The summed E-state index contributed by atoms with van der Waals surface area (Å²) in [4.78, 5) is 47.8. The Labute approximate surface area is 193 Å². The zero-order valence-electron chi connectivity index (χ0n) is 19.7. The Morgan fingerprint density at radius 3 is 2.55 bits per heavy atom. The van der Waals surface area contributed by atoms with Crippen LogP contribution in [0.15, 0.2) is 11.1 Å². The van der Waals surface area contributed by atoms with Crippen molar-refractivity contribution in [1.29, 1.82) is 0 Å². The van der Waals surface area contributed by atoms with Gasteiger partial charge in [-0.15, -0.1) is 0 Å². The summed E-state index contributed by atoms with van der Waals surface area (Å²) in [6.45, 7) is 8.52. The fourth-order valence-electron chi connectivity index (χ4n) is 4.14. The highest BCUT2D eigenvalue weighted by atomic mass is 16.6. The third-order valence-electron chi connectivity index (χ3n) is 6.10. The first-order valence-electron chi connectivity index (χ1n) is 11.1. The number of carbonyl (C=O) groups excluding carboxylic acids is 4. The van der Waals surface area contributed by atoms with Gasteiger partial charge in [0.25, 0.3) is 5.91 Å². The first kappa shape index (κ1) is 26.9. The lowest BCUT2D eigenvalue weighted by Crippen LogP contribution is -2.68. The molecule has 33 heavy (non-hydrogen) atoms. The van der Waals surface area contributed by atoms with Crippen LogP contribution >= 0.6 is 0 Å². The van der Waals surface area contributed by atoms with E-state index in [1.165, 1.54) is 6.92 Å². The van der Waals surface area contributed by atoms with Crippen molar-refractivity contribution in [3.05, 3.63) is 11.1 Å². The molecule has 2 aliphatic rings. The Morgan fingerprint density at radius 1 is 1.39 bits per heavy atom. The number of nitrogens with one attached hydrogen (secondary N) is 2. The third-order valence-corrected chi connectivity index (χ3v) is 6.10. The molecule has 7 unspecified atom stereocenters. The first-order valence-corrected chi connectivity index (χ1v) is 11.1. The fourth-order valence-corrected chi connectivity index (χ4v) is 4.14. The maximum absolute atomic E-state index is 13.0. The molecule has 2 rings (SSSR count). The van der Waals surface area contributed by atoms with Gasteiger partial charge in [0.2, 0.25) is 5.91 Å². The summed E-state index contributed by atoms with van der Waals surface area (Å²) < 4.78 is 11.0. The van der Waals surface area contributed by atoms with Crippen LogP contribution in [-0.4, -0.2) is 76.5 Å². The molecule has 7 atom stereocenters. The number of hydrogen-bond donors (Lipinski definition) is 5. The summed E-state index contributed by atoms with van der Waals surface area (Å²) in [6, 6.07) is -2.05.